The molecule has 15 heavy (non-hydrogen) atoms. The molecule has 1 saturated carbocycles. The van der Waals surface area contributed by atoms with Crippen LogP contribution in [-0.4, -0.2) is 12.7 Å². The van der Waals surface area contributed by atoms with Crippen LogP contribution in [0.5, 0.6) is 0 Å². The highest BCUT2D eigenvalue weighted by molar-refractivity contribution is 9.10. The lowest BCUT2D eigenvalue weighted by Gasteiger charge is -2.18. The molecule has 0 bridgehead atoms. The van der Waals surface area contributed by atoms with E-state index >= 15 is 0 Å². The van der Waals surface area contributed by atoms with Gasteiger partial charge in [0.1, 0.15) is 0 Å². The Hall–Kier alpha value is -0.340. The van der Waals surface area contributed by atoms with Gasteiger partial charge in [0.15, 0.2) is 0 Å². The summed E-state index contributed by atoms with van der Waals surface area (Å²) in [5, 5.41) is 0. The van der Waals surface area contributed by atoms with E-state index in [1.807, 2.05) is 0 Å². The molecule has 2 rings (SSSR count). The van der Waals surface area contributed by atoms with Gasteiger partial charge in [-0.1, -0.05) is 28.1 Å². The molecule has 1 aromatic carbocycles. The highest BCUT2D eigenvalue weighted by atomic mass is 79.9. The predicted octanol–water partition coefficient (Wildman–Crippen LogP) is 3.91. The van der Waals surface area contributed by atoms with Gasteiger partial charge in [0.05, 0.1) is 12.7 Å². The van der Waals surface area contributed by atoms with Gasteiger partial charge in [-0.15, -0.1) is 0 Å². The van der Waals surface area contributed by atoms with Crippen molar-refractivity contribution in [2.75, 3.05) is 6.61 Å². The first-order valence-corrected chi connectivity index (χ1v) is 6.29. The number of benzene rings is 1. The topological polar surface area (TPSA) is 9.23 Å². The molecule has 0 unspecified atom stereocenters. The maximum absolute atomic E-state index is 5.75. The van der Waals surface area contributed by atoms with Crippen LogP contribution in [0.3, 0.4) is 0 Å². The van der Waals surface area contributed by atoms with Crippen molar-refractivity contribution in [3.63, 3.8) is 0 Å². The van der Waals surface area contributed by atoms with Gasteiger partial charge >= 0.3 is 0 Å². The summed E-state index contributed by atoms with van der Waals surface area (Å²) in [6.45, 7) is 5.05. The van der Waals surface area contributed by atoms with Crippen LogP contribution in [0.4, 0.5) is 0 Å². The van der Waals surface area contributed by atoms with Crippen molar-refractivity contribution in [1.82, 2.24) is 0 Å². The zero-order chi connectivity index (χ0) is 10.9. The molecule has 0 amide bonds. The molecule has 0 heterocycles. The second-order valence-electron chi connectivity index (χ2n) is 4.65. The minimum absolute atomic E-state index is 0.314. The second kappa shape index (κ2) is 4.26. The van der Waals surface area contributed by atoms with E-state index in [2.05, 4.69) is 54.0 Å². The van der Waals surface area contributed by atoms with Gasteiger partial charge in [-0.25, -0.2) is 0 Å². The fourth-order valence-electron chi connectivity index (χ4n) is 1.81. The quantitative estimate of drug-likeness (QED) is 0.805. The molecule has 82 valence electrons. The van der Waals surface area contributed by atoms with E-state index in [1.165, 1.54) is 18.4 Å². The Morgan fingerprint density at radius 1 is 1.40 bits per heavy atom. The number of hydrogen-bond acceptors (Lipinski definition) is 1. The number of ether oxygens (including phenoxy) is 1. The summed E-state index contributed by atoms with van der Waals surface area (Å²) in [4.78, 5) is 0. The molecule has 0 aliphatic heterocycles. The third-order valence-corrected chi connectivity index (χ3v) is 3.48. The van der Waals surface area contributed by atoms with Gasteiger partial charge in [0.2, 0.25) is 0 Å². The summed E-state index contributed by atoms with van der Waals surface area (Å²) >= 11 is 3.52. The maximum Gasteiger partial charge on any atom is 0.0566 e. The molecule has 0 saturated heterocycles. The smallest absolute Gasteiger partial charge is 0.0566 e. The van der Waals surface area contributed by atoms with Crippen molar-refractivity contribution < 1.29 is 4.74 Å². The van der Waals surface area contributed by atoms with Crippen LogP contribution in [0, 0.1) is 0 Å². The highest BCUT2D eigenvalue weighted by Crippen LogP contribution is 2.48. The van der Waals surface area contributed by atoms with Crippen molar-refractivity contribution in [3.05, 3.63) is 34.3 Å². The summed E-state index contributed by atoms with van der Waals surface area (Å²) in [5.74, 6) is 0. The number of rotatable bonds is 4. The van der Waals surface area contributed by atoms with Crippen LogP contribution in [0.2, 0.25) is 0 Å². The van der Waals surface area contributed by atoms with E-state index in [1.54, 1.807) is 0 Å². The monoisotopic (exact) mass is 268 g/mol. The first-order valence-electron chi connectivity index (χ1n) is 5.50. The van der Waals surface area contributed by atoms with Crippen LogP contribution in [0.1, 0.15) is 32.3 Å². The normalized spacial score (nSPS) is 18.1. The first kappa shape index (κ1) is 11.2. The average Bonchev–Trinajstić information content (AvgIpc) is 2.96. The van der Waals surface area contributed by atoms with E-state index in [-0.39, 0.29) is 0 Å². The molecule has 2 heteroatoms. The fraction of sp³-hybridized carbons (Fsp3) is 0.538. The zero-order valence-corrected chi connectivity index (χ0v) is 10.9. The molecule has 0 aromatic heterocycles. The summed E-state index contributed by atoms with van der Waals surface area (Å²) in [6, 6.07) is 8.61. The minimum atomic E-state index is 0.314. The third-order valence-electron chi connectivity index (χ3n) is 2.98. The van der Waals surface area contributed by atoms with Crippen LogP contribution in [0.25, 0.3) is 0 Å². The molecule has 1 aliphatic rings. The molecular formula is C13H17BrO. The standard InChI is InChI=1S/C13H17BrO/c1-10(2)15-9-13(6-7-13)11-4-3-5-12(14)8-11/h3-5,8,10H,6-7,9H2,1-2H3. The number of hydrogen-bond donors (Lipinski definition) is 0. The van der Waals surface area contributed by atoms with Gasteiger partial charge in [0, 0.05) is 9.89 Å². The predicted molar refractivity (Wildman–Crippen MR) is 66.1 cm³/mol. The third kappa shape index (κ3) is 2.61. The Morgan fingerprint density at radius 2 is 2.13 bits per heavy atom. The SMILES string of the molecule is CC(C)OCC1(c2cccc(Br)c2)CC1. The van der Waals surface area contributed by atoms with Crippen molar-refractivity contribution in [2.45, 2.75) is 38.2 Å². The van der Waals surface area contributed by atoms with E-state index < -0.39 is 0 Å². The van der Waals surface area contributed by atoms with Crippen LogP contribution in [-0.2, 0) is 10.2 Å². The van der Waals surface area contributed by atoms with Crippen molar-refractivity contribution >= 4 is 15.9 Å². The second-order valence-corrected chi connectivity index (χ2v) is 5.57. The maximum atomic E-state index is 5.75. The summed E-state index contributed by atoms with van der Waals surface area (Å²) < 4.78 is 6.91. The molecule has 1 aromatic rings. The lowest BCUT2D eigenvalue weighted by atomic mass is 9.97. The first-order chi connectivity index (χ1) is 7.12. The lowest BCUT2D eigenvalue weighted by molar-refractivity contribution is 0.0619. The van der Waals surface area contributed by atoms with E-state index in [9.17, 15) is 0 Å². The highest BCUT2D eigenvalue weighted by Gasteiger charge is 2.44. The molecule has 1 nitrogen and oxygen atoms in total. The Balaban J connectivity index is 2.09. The van der Waals surface area contributed by atoms with Crippen molar-refractivity contribution in [3.8, 4) is 0 Å². The van der Waals surface area contributed by atoms with Gasteiger partial charge in [-0.3, -0.25) is 0 Å². The largest absolute Gasteiger partial charge is 0.378 e. The Morgan fingerprint density at radius 3 is 2.67 bits per heavy atom. The minimum Gasteiger partial charge on any atom is -0.378 e. The molecule has 1 fully saturated rings. The van der Waals surface area contributed by atoms with Crippen LogP contribution in [0.15, 0.2) is 28.7 Å². The van der Waals surface area contributed by atoms with E-state index in [0.29, 0.717) is 11.5 Å². The van der Waals surface area contributed by atoms with Gasteiger partial charge in [-0.2, -0.15) is 0 Å². The molecule has 0 atom stereocenters. The molecular weight excluding hydrogens is 252 g/mol. The Labute approximate surface area is 100.0 Å². The van der Waals surface area contributed by atoms with E-state index in [0.717, 1.165) is 11.1 Å². The van der Waals surface area contributed by atoms with Gasteiger partial charge in [0.25, 0.3) is 0 Å². The summed E-state index contributed by atoms with van der Waals surface area (Å²) in [6.07, 6.45) is 2.85. The van der Waals surface area contributed by atoms with Crippen LogP contribution >= 0.6 is 15.9 Å². The molecule has 0 radical (unpaired) electrons. The number of halogens is 1. The molecule has 1 aliphatic carbocycles. The fourth-order valence-corrected chi connectivity index (χ4v) is 2.21. The lowest BCUT2D eigenvalue weighted by Crippen LogP contribution is -2.18. The van der Waals surface area contributed by atoms with Crippen molar-refractivity contribution in [1.29, 1.82) is 0 Å². The Bertz CT molecular complexity index is 342. The van der Waals surface area contributed by atoms with Crippen molar-refractivity contribution in [2.24, 2.45) is 0 Å². The summed E-state index contributed by atoms with van der Waals surface area (Å²) in [5.41, 5.74) is 1.73. The zero-order valence-electron chi connectivity index (χ0n) is 9.29. The molecule has 0 N–H and O–H groups in total. The van der Waals surface area contributed by atoms with E-state index in [4.69, 9.17) is 4.74 Å². The van der Waals surface area contributed by atoms with Gasteiger partial charge in [-0.05, 0) is 44.4 Å². The summed E-state index contributed by atoms with van der Waals surface area (Å²) in [7, 11) is 0. The van der Waals surface area contributed by atoms with Crippen LogP contribution < -0.4 is 0 Å². The van der Waals surface area contributed by atoms with Gasteiger partial charge < -0.3 is 4.74 Å². The Kier molecular flexibility index (Phi) is 3.17. The molecule has 0 spiro atoms. The average molecular weight is 269 g/mol.